The first kappa shape index (κ1) is 34.9. The highest BCUT2D eigenvalue weighted by atomic mass is 16.5. The lowest BCUT2D eigenvalue weighted by molar-refractivity contribution is 0.331. The van der Waals surface area contributed by atoms with Gasteiger partial charge in [0, 0.05) is 22.3 Å². The Labute approximate surface area is 294 Å². The molecule has 0 spiro atoms. The van der Waals surface area contributed by atoms with Crippen LogP contribution >= 0.6 is 0 Å². The minimum atomic E-state index is 0.115. The third-order valence-corrected chi connectivity index (χ3v) is 10.4. The van der Waals surface area contributed by atoms with Crippen LogP contribution in [0.5, 0.6) is 46.0 Å². The molecule has 4 aromatic rings. The number of aryl methyl sites for hydroxylation is 2. The third kappa shape index (κ3) is 6.63. The molecule has 4 bridgehead atoms. The van der Waals surface area contributed by atoms with Crippen molar-refractivity contribution in [2.75, 3.05) is 28.4 Å². The van der Waals surface area contributed by atoms with Crippen molar-refractivity contribution in [1.82, 2.24) is 0 Å². The highest BCUT2D eigenvalue weighted by Crippen LogP contribution is 2.53. The first-order valence-corrected chi connectivity index (χ1v) is 17.6. The van der Waals surface area contributed by atoms with Crippen LogP contribution in [0.2, 0.25) is 0 Å². The summed E-state index contributed by atoms with van der Waals surface area (Å²) in [6, 6.07) is 13.2. The molecule has 50 heavy (non-hydrogen) atoms. The fourth-order valence-corrected chi connectivity index (χ4v) is 7.91. The quantitative estimate of drug-likeness (QED) is 0.158. The summed E-state index contributed by atoms with van der Waals surface area (Å²) in [7, 11) is 6.15. The van der Waals surface area contributed by atoms with Gasteiger partial charge in [-0.25, -0.2) is 0 Å². The maximum Gasteiger partial charge on any atom is 0.203 e. The zero-order chi connectivity index (χ0) is 35.4. The molecule has 0 aromatic heterocycles. The maximum absolute atomic E-state index is 10.8. The molecule has 4 N–H and O–H groups in total. The van der Waals surface area contributed by atoms with E-state index in [0.717, 1.165) is 97.6 Å². The summed E-state index contributed by atoms with van der Waals surface area (Å²) in [6.45, 7) is 0. The van der Waals surface area contributed by atoms with Gasteiger partial charge in [0.05, 0.1) is 28.4 Å². The number of phenolic OH excluding ortho intramolecular Hbond substituents is 4. The minimum absolute atomic E-state index is 0.115. The molecule has 0 saturated carbocycles. The van der Waals surface area contributed by atoms with E-state index in [-0.39, 0.29) is 23.0 Å². The Morgan fingerprint density at radius 3 is 2.04 bits per heavy atom. The Balaban J connectivity index is 0.000000173. The predicted octanol–water partition coefficient (Wildman–Crippen LogP) is 9.15. The Kier molecular flexibility index (Phi) is 10.7. The molecular weight excluding hydrogens is 632 g/mol. The Morgan fingerprint density at radius 2 is 1.30 bits per heavy atom. The molecular formula is C42H48O8. The molecule has 3 aliphatic rings. The van der Waals surface area contributed by atoms with Gasteiger partial charge in [-0.05, 0) is 135 Å². The standard InChI is InChI=1S/2C21H24O4/c1-24-17-11-15-14(20(23)21(17)25-2)8-4-7-12-5-3-6-13-9-10-16(22)19(15)18(12)13;1-24-20-17-13-15(19(23)21(20)25-2)9-7-5-3-4-6-8-14-10-11-18(22)16(17)12-14/h9-12,22-23H,3-8H2,1-2H3;4,6,10-13,22-23H,3,5,7-9H2,1-2H3/b;6-4-. The van der Waals surface area contributed by atoms with Gasteiger partial charge in [-0.3, -0.25) is 0 Å². The van der Waals surface area contributed by atoms with Crippen molar-refractivity contribution >= 4 is 0 Å². The van der Waals surface area contributed by atoms with Crippen LogP contribution in [-0.2, 0) is 25.7 Å². The molecule has 1 unspecified atom stereocenters. The zero-order valence-corrected chi connectivity index (χ0v) is 29.5. The number of hydrogen-bond acceptors (Lipinski definition) is 8. The molecule has 264 valence electrons. The summed E-state index contributed by atoms with van der Waals surface area (Å²) < 4.78 is 21.7. The van der Waals surface area contributed by atoms with Crippen LogP contribution in [-0.4, -0.2) is 48.9 Å². The average Bonchev–Trinajstić information content (AvgIpc) is 3.13. The molecule has 8 heteroatoms. The van der Waals surface area contributed by atoms with E-state index in [9.17, 15) is 20.4 Å². The number of allylic oxidation sites excluding steroid dienone is 2. The number of phenols is 4. The topological polar surface area (TPSA) is 118 Å². The van der Waals surface area contributed by atoms with Gasteiger partial charge in [0.25, 0.3) is 0 Å². The molecule has 1 atom stereocenters. The highest BCUT2D eigenvalue weighted by molar-refractivity contribution is 5.84. The number of aromatic hydroxyl groups is 4. The van der Waals surface area contributed by atoms with Crippen molar-refractivity contribution in [2.24, 2.45) is 0 Å². The van der Waals surface area contributed by atoms with Gasteiger partial charge in [-0.15, -0.1) is 0 Å². The molecule has 4 aromatic carbocycles. The summed E-state index contributed by atoms with van der Waals surface area (Å²) in [5.41, 5.74) is 8.50. The second-order valence-corrected chi connectivity index (χ2v) is 13.3. The molecule has 0 heterocycles. The molecule has 7 rings (SSSR count). The number of methoxy groups -OCH3 is 4. The van der Waals surface area contributed by atoms with Crippen LogP contribution < -0.4 is 18.9 Å². The first-order chi connectivity index (χ1) is 24.3. The highest BCUT2D eigenvalue weighted by Gasteiger charge is 2.31. The maximum atomic E-state index is 10.8. The van der Waals surface area contributed by atoms with Crippen molar-refractivity contribution in [3.05, 3.63) is 82.4 Å². The molecule has 3 aliphatic carbocycles. The van der Waals surface area contributed by atoms with Crippen LogP contribution in [0.15, 0.2) is 54.6 Å². The van der Waals surface area contributed by atoms with E-state index in [1.165, 1.54) is 38.9 Å². The zero-order valence-electron chi connectivity index (χ0n) is 29.5. The second-order valence-electron chi connectivity index (χ2n) is 13.3. The van der Waals surface area contributed by atoms with Crippen LogP contribution in [0.3, 0.4) is 0 Å². The largest absolute Gasteiger partial charge is 0.507 e. The summed E-state index contributed by atoms with van der Waals surface area (Å²) in [4.78, 5) is 0. The summed E-state index contributed by atoms with van der Waals surface area (Å²) in [5.74, 6) is 2.78. The van der Waals surface area contributed by atoms with Crippen LogP contribution in [0.25, 0.3) is 22.3 Å². The van der Waals surface area contributed by atoms with E-state index in [4.69, 9.17) is 18.9 Å². The minimum Gasteiger partial charge on any atom is -0.507 e. The van der Waals surface area contributed by atoms with Gasteiger partial charge in [-0.2, -0.15) is 0 Å². The molecule has 0 fully saturated rings. The van der Waals surface area contributed by atoms with E-state index in [2.05, 4.69) is 18.2 Å². The van der Waals surface area contributed by atoms with E-state index in [1.807, 2.05) is 24.3 Å². The third-order valence-electron chi connectivity index (χ3n) is 10.4. The van der Waals surface area contributed by atoms with Crippen molar-refractivity contribution in [1.29, 1.82) is 0 Å². The van der Waals surface area contributed by atoms with Crippen molar-refractivity contribution < 1.29 is 39.4 Å². The second kappa shape index (κ2) is 15.3. The monoisotopic (exact) mass is 680 g/mol. The van der Waals surface area contributed by atoms with Crippen molar-refractivity contribution in [3.63, 3.8) is 0 Å². The van der Waals surface area contributed by atoms with Crippen LogP contribution in [0.4, 0.5) is 0 Å². The van der Waals surface area contributed by atoms with Gasteiger partial charge >= 0.3 is 0 Å². The van der Waals surface area contributed by atoms with Crippen LogP contribution in [0.1, 0.15) is 78.7 Å². The summed E-state index contributed by atoms with van der Waals surface area (Å²) in [6.07, 6.45) is 15.2. The van der Waals surface area contributed by atoms with E-state index >= 15 is 0 Å². The Bertz CT molecular complexity index is 1890. The average molecular weight is 681 g/mol. The molecule has 0 radical (unpaired) electrons. The molecule has 8 nitrogen and oxygen atoms in total. The predicted molar refractivity (Wildman–Crippen MR) is 196 cm³/mol. The number of benzene rings is 4. The van der Waals surface area contributed by atoms with Crippen molar-refractivity contribution in [3.8, 4) is 68.2 Å². The summed E-state index contributed by atoms with van der Waals surface area (Å²) >= 11 is 0. The lowest BCUT2D eigenvalue weighted by Crippen LogP contribution is -2.14. The normalized spacial score (nSPS) is 17.0. The lowest BCUT2D eigenvalue weighted by Gasteiger charge is -2.32. The van der Waals surface area contributed by atoms with Gasteiger partial charge in [0.1, 0.15) is 11.5 Å². The van der Waals surface area contributed by atoms with Gasteiger partial charge in [0.2, 0.25) is 11.5 Å². The van der Waals surface area contributed by atoms with Gasteiger partial charge < -0.3 is 39.4 Å². The van der Waals surface area contributed by atoms with Crippen LogP contribution in [0, 0.1) is 0 Å². The number of fused-ring (bicyclic) bond motifs is 7. The van der Waals surface area contributed by atoms with E-state index in [0.29, 0.717) is 34.5 Å². The van der Waals surface area contributed by atoms with E-state index in [1.54, 1.807) is 19.2 Å². The van der Waals surface area contributed by atoms with Gasteiger partial charge in [0.15, 0.2) is 23.0 Å². The Morgan fingerprint density at radius 1 is 0.580 bits per heavy atom. The molecule has 0 amide bonds. The molecule has 0 aliphatic heterocycles. The lowest BCUT2D eigenvalue weighted by atomic mass is 9.73. The van der Waals surface area contributed by atoms with Gasteiger partial charge in [-0.1, -0.05) is 24.3 Å². The molecule has 0 saturated heterocycles. The SMILES string of the molecule is COc1c2cc(c(O)c1OC)CCCC/C=C\Cc1ccc(O)c-2c1.COc1cc2c(c(O)c1OC)CCCC1CCCc3ccc(O)c-2c31. The number of hydrogen-bond donors (Lipinski definition) is 4. The smallest absolute Gasteiger partial charge is 0.203 e. The van der Waals surface area contributed by atoms with E-state index < -0.39 is 0 Å². The van der Waals surface area contributed by atoms with Crippen molar-refractivity contribution in [2.45, 2.75) is 76.5 Å². The first-order valence-electron chi connectivity index (χ1n) is 17.6. The number of ether oxygens (including phenoxy) is 4. The fourth-order valence-electron chi connectivity index (χ4n) is 7.91. The Hall–Kier alpha value is -4.98. The summed E-state index contributed by atoms with van der Waals surface area (Å²) in [5, 5.41) is 42.5. The number of rotatable bonds is 4. The fraction of sp³-hybridized carbons (Fsp3) is 0.381.